The van der Waals surface area contributed by atoms with Gasteiger partial charge in [-0.25, -0.2) is 0 Å². The molecule has 0 aliphatic rings. The predicted molar refractivity (Wildman–Crippen MR) is 66.5 cm³/mol. The fraction of sp³-hybridized carbons (Fsp3) is 0.308. The summed E-state index contributed by atoms with van der Waals surface area (Å²) in [7, 11) is 0. The summed E-state index contributed by atoms with van der Waals surface area (Å²) in [6.07, 6.45) is 1.28. The minimum Gasteiger partial charge on any atom is -0.303 e. The molecule has 7 heteroatoms. The molecule has 2 aromatic heterocycles. The van der Waals surface area contributed by atoms with Crippen LogP contribution in [0.3, 0.4) is 0 Å². The average Bonchev–Trinajstić information content (AvgIpc) is 2.45. The number of pyridine rings is 1. The fourth-order valence-electron chi connectivity index (χ4n) is 1.59. The minimum absolute atomic E-state index is 0.0622. The zero-order chi connectivity index (χ0) is 14.6. The van der Waals surface area contributed by atoms with E-state index in [-0.39, 0.29) is 6.04 Å². The summed E-state index contributed by atoms with van der Waals surface area (Å²) >= 11 is 0. The number of nitrogens with one attached hydrogen (secondary N) is 1. The van der Waals surface area contributed by atoms with Crippen LogP contribution >= 0.6 is 0 Å². The van der Waals surface area contributed by atoms with E-state index < -0.39 is 11.7 Å². The average molecular weight is 282 g/mol. The van der Waals surface area contributed by atoms with Gasteiger partial charge in [-0.15, -0.1) is 0 Å². The molecule has 1 atom stereocenters. The highest BCUT2D eigenvalue weighted by Crippen LogP contribution is 2.28. The molecule has 0 saturated carbocycles. The normalized spacial score (nSPS) is 13.2. The van der Waals surface area contributed by atoms with Crippen molar-refractivity contribution < 1.29 is 13.2 Å². The van der Waals surface area contributed by atoms with E-state index in [4.69, 9.17) is 0 Å². The van der Waals surface area contributed by atoms with Crippen LogP contribution in [0.2, 0.25) is 0 Å². The Balaban J connectivity index is 1.94. The van der Waals surface area contributed by atoms with Crippen molar-refractivity contribution in [1.82, 2.24) is 20.3 Å². The molecular formula is C13H13F3N4. The van der Waals surface area contributed by atoms with Crippen LogP contribution < -0.4 is 5.32 Å². The van der Waals surface area contributed by atoms with Crippen molar-refractivity contribution >= 4 is 0 Å². The Morgan fingerprint density at radius 1 is 1.15 bits per heavy atom. The number of hydrogen-bond acceptors (Lipinski definition) is 4. The van der Waals surface area contributed by atoms with Crippen LogP contribution in [0.25, 0.3) is 0 Å². The largest absolute Gasteiger partial charge is 0.417 e. The lowest BCUT2D eigenvalue weighted by molar-refractivity contribution is -0.137. The molecule has 0 aliphatic carbocycles. The van der Waals surface area contributed by atoms with Crippen LogP contribution in [-0.4, -0.2) is 15.0 Å². The Hall–Kier alpha value is -2.02. The third-order valence-electron chi connectivity index (χ3n) is 2.77. The van der Waals surface area contributed by atoms with Crippen LogP contribution in [0, 0.1) is 0 Å². The van der Waals surface area contributed by atoms with Crippen molar-refractivity contribution in [1.29, 1.82) is 0 Å². The Labute approximate surface area is 114 Å². The van der Waals surface area contributed by atoms with E-state index in [0.29, 0.717) is 12.2 Å². The Bertz CT molecular complexity index is 540. The quantitative estimate of drug-likeness (QED) is 0.936. The van der Waals surface area contributed by atoms with Crippen molar-refractivity contribution in [2.45, 2.75) is 25.7 Å². The highest BCUT2D eigenvalue weighted by atomic mass is 19.4. The third kappa shape index (κ3) is 3.74. The molecule has 0 amide bonds. The van der Waals surface area contributed by atoms with Crippen molar-refractivity contribution in [3.8, 4) is 0 Å². The number of nitrogens with zero attached hydrogens (tertiary/aromatic N) is 3. The van der Waals surface area contributed by atoms with E-state index in [1.807, 2.05) is 6.92 Å². The van der Waals surface area contributed by atoms with Crippen LogP contribution in [0.5, 0.6) is 0 Å². The molecule has 0 aliphatic heterocycles. The zero-order valence-electron chi connectivity index (χ0n) is 10.7. The molecule has 0 bridgehead atoms. The van der Waals surface area contributed by atoms with E-state index in [1.165, 1.54) is 6.07 Å². The van der Waals surface area contributed by atoms with Gasteiger partial charge in [-0.2, -0.15) is 13.2 Å². The molecule has 2 rings (SSSR count). The highest BCUT2D eigenvalue weighted by molar-refractivity contribution is 5.17. The number of halogens is 3. The maximum absolute atomic E-state index is 12.4. The van der Waals surface area contributed by atoms with Crippen LogP contribution in [0.4, 0.5) is 13.2 Å². The van der Waals surface area contributed by atoms with Crippen molar-refractivity contribution in [2.75, 3.05) is 0 Å². The number of alkyl halides is 3. The SMILES string of the molecule is CC(NCc1ccc(C(F)(F)F)cn1)c1cnccn1. The summed E-state index contributed by atoms with van der Waals surface area (Å²) in [5.74, 6) is 0. The molecule has 4 nitrogen and oxygen atoms in total. The van der Waals surface area contributed by atoms with Gasteiger partial charge in [0.15, 0.2) is 0 Å². The van der Waals surface area contributed by atoms with Crippen molar-refractivity contribution in [3.63, 3.8) is 0 Å². The molecule has 0 saturated heterocycles. The number of hydrogen-bond donors (Lipinski definition) is 1. The van der Waals surface area contributed by atoms with Crippen LogP contribution in [-0.2, 0) is 12.7 Å². The number of aromatic nitrogens is 3. The second-order valence-corrected chi connectivity index (χ2v) is 4.27. The fourth-order valence-corrected chi connectivity index (χ4v) is 1.59. The lowest BCUT2D eigenvalue weighted by Gasteiger charge is -2.12. The van der Waals surface area contributed by atoms with E-state index in [9.17, 15) is 13.2 Å². The smallest absolute Gasteiger partial charge is 0.303 e. The number of rotatable bonds is 4. The first-order chi connectivity index (χ1) is 9.47. The lowest BCUT2D eigenvalue weighted by atomic mass is 10.2. The summed E-state index contributed by atoms with van der Waals surface area (Å²) in [4.78, 5) is 11.9. The van der Waals surface area contributed by atoms with E-state index in [1.54, 1.807) is 18.6 Å². The predicted octanol–water partition coefficient (Wildman–Crippen LogP) is 2.74. The van der Waals surface area contributed by atoms with E-state index in [2.05, 4.69) is 20.3 Å². The molecule has 20 heavy (non-hydrogen) atoms. The van der Waals surface area contributed by atoms with Gasteiger partial charge in [0.2, 0.25) is 0 Å². The zero-order valence-corrected chi connectivity index (χ0v) is 10.7. The topological polar surface area (TPSA) is 50.7 Å². The maximum atomic E-state index is 12.4. The van der Waals surface area contributed by atoms with Gasteiger partial charge in [-0.05, 0) is 19.1 Å². The van der Waals surface area contributed by atoms with Gasteiger partial charge in [-0.1, -0.05) is 0 Å². The summed E-state index contributed by atoms with van der Waals surface area (Å²) in [5.41, 5.74) is 0.552. The monoisotopic (exact) mass is 282 g/mol. The third-order valence-corrected chi connectivity index (χ3v) is 2.77. The highest BCUT2D eigenvalue weighted by Gasteiger charge is 2.30. The van der Waals surface area contributed by atoms with Gasteiger partial charge in [0.1, 0.15) is 0 Å². The van der Waals surface area contributed by atoms with E-state index in [0.717, 1.165) is 18.0 Å². The van der Waals surface area contributed by atoms with Gasteiger partial charge in [0.25, 0.3) is 0 Å². The van der Waals surface area contributed by atoms with Crippen molar-refractivity contribution in [3.05, 3.63) is 53.9 Å². The van der Waals surface area contributed by atoms with Crippen LogP contribution in [0.1, 0.15) is 29.9 Å². The molecule has 1 N–H and O–H groups in total. The Morgan fingerprint density at radius 2 is 1.95 bits per heavy atom. The first-order valence-corrected chi connectivity index (χ1v) is 5.98. The molecule has 0 radical (unpaired) electrons. The summed E-state index contributed by atoms with van der Waals surface area (Å²) in [6.45, 7) is 2.25. The lowest BCUT2D eigenvalue weighted by Crippen LogP contribution is -2.20. The van der Waals surface area contributed by atoms with Gasteiger partial charge < -0.3 is 5.32 Å². The molecule has 0 aromatic carbocycles. The molecule has 1 unspecified atom stereocenters. The maximum Gasteiger partial charge on any atom is 0.417 e. The van der Waals surface area contributed by atoms with Gasteiger partial charge in [0, 0.05) is 37.4 Å². The minimum atomic E-state index is -4.36. The first-order valence-electron chi connectivity index (χ1n) is 5.98. The second-order valence-electron chi connectivity index (χ2n) is 4.27. The van der Waals surface area contributed by atoms with Gasteiger partial charge in [-0.3, -0.25) is 15.0 Å². The van der Waals surface area contributed by atoms with Gasteiger partial charge >= 0.3 is 6.18 Å². The molecule has 0 spiro atoms. The second kappa shape index (κ2) is 5.96. The summed E-state index contributed by atoms with van der Waals surface area (Å²) < 4.78 is 37.2. The van der Waals surface area contributed by atoms with Gasteiger partial charge in [0.05, 0.1) is 17.0 Å². The van der Waals surface area contributed by atoms with Crippen molar-refractivity contribution in [2.24, 2.45) is 0 Å². The van der Waals surface area contributed by atoms with E-state index >= 15 is 0 Å². The molecule has 2 aromatic rings. The summed E-state index contributed by atoms with van der Waals surface area (Å²) in [5, 5.41) is 3.13. The van der Waals surface area contributed by atoms with Crippen LogP contribution in [0.15, 0.2) is 36.9 Å². The molecule has 2 heterocycles. The standard InChI is InChI=1S/C13H13F3N4/c1-9(12-8-17-4-5-18-12)19-7-11-3-2-10(6-20-11)13(14,15)16/h2-6,8-9,19H,7H2,1H3. The molecular weight excluding hydrogens is 269 g/mol. The molecule has 106 valence electrons. The Morgan fingerprint density at radius 3 is 2.50 bits per heavy atom. The molecule has 0 fully saturated rings. The summed E-state index contributed by atoms with van der Waals surface area (Å²) in [6, 6.07) is 2.32. The first kappa shape index (κ1) is 14.4. The Kier molecular flexibility index (Phi) is 4.29.